The first-order valence-corrected chi connectivity index (χ1v) is 4.80. The molecule has 1 nitrogen and oxygen atoms in total. The summed E-state index contributed by atoms with van der Waals surface area (Å²) in [6.07, 6.45) is 5.00. The van der Waals surface area contributed by atoms with Crippen LogP contribution in [-0.4, -0.2) is 13.2 Å². The predicted octanol–water partition coefficient (Wildman–Crippen LogP) is 3.40. The first kappa shape index (κ1) is 11.7. The third kappa shape index (κ3) is 5.36. The van der Waals surface area contributed by atoms with Crippen LogP contribution in [0.15, 0.2) is 11.6 Å². The highest BCUT2D eigenvalue weighted by Gasteiger charge is 2.04. The van der Waals surface area contributed by atoms with Gasteiger partial charge in [0.05, 0.1) is 6.10 Å². The average molecular weight is 170 g/mol. The van der Waals surface area contributed by atoms with Crippen molar-refractivity contribution in [1.82, 2.24) is 0 Å². The Bertz CT molecular complexity index is 138. The molecule has 1 heteroatoms. The molecule has 0 aromatic carbocycles. The van der Waals surface area contributed by atoms with Crippen LogP contribution >= 0.6 is 0 Å². The fourth-order valence-electron chi connectivity index (χ4n) is 1.29. The molecule has 0 aliphatic carbocycles. The van der Waals surface area contributed by atoms with Crippen LogP contribution in [-0.2, 0) is 4.74 Å². The van der Waals surface area contributed by atoms with Gasteiger partial charge >= 0.3 is 0 Å². The first-order chi connectivity index (χ1) is 5.60. The number of allylic oxidation sites excluding steroid dienone is 2. The van der Waals surface area contributed by atoms with Gasteiger partial charge in [-0.15, -0.1) is 0 Å². The molecular weight excluding hydrogens is 148 g/mol. The Hall–Kier alpha value is -0.300. The Balaban J connectivity index is 3.80. The molecule has 0 aromatic rings. The maximum atomic E-state index is 5.21. The molecule has 0 fully saturated rings. The zero-order chi connectivity index (χ0) is 9.56. The smallest absolute Gasteiger partial charge is 0.0548 e. The third-order valence-electron chi connectivity index (χ3n) is 2.23. The van der Waals surface area contributed by atoms with E-state index in [9.17, 15) is 0 Å². The van der Waals surface area contributed by atoms with Crippen LogP contribution in [0, 0.1) is 5.92 Å². The van der Waals surface area contributed by atoms with Crippen molar-refractivity contribution in [2.24, 2.45) is 5.92 Å². The van der Waals surface area contributed by atoms with Gasteiger partial charge in [-0.2, -0.15) is 0 Å². The van der Waals surface area contributed by atoms with Crippen molar-refractivity contribution in [2.75, 3.05) is 7.11 Å². The highest BCUT2D eigenvalue weighted by molar-refractivity contribution is 4.99. The second-order valence-electron chi connectivity index (χ2n) is 3.63. The van der Waals surface area contributed by atoms with Crippen LogP contribution in [0.4, 0.5) is 0 Å². The number of hydrogen-bond donors (Lipinski definition) is 0. The standard InChI is InChI=1S/C11H22O/c1-6-9(2)7-10(3)8-11(4)12-5/h7,10-11H,6,8H2,1-5H3. The normalized spacial score (nSPS) is 17.6. The number of ether oxygens (including phenoxy) is 1. The molecule has 0 amide bonds. The van der Waals surface area contributed by atoms with Gasteiger partial charge in [0.1, 0.15) is 0 Å². The minimum Gasteiger partial charge on any atom is -0.382 e. The summed E-state index contributed by atoms with van der Waals surface area (Å²) in [7, 11) is 1.77. The summed E-state index contributed by atoms with van der Waals surface area (Å²) >= 11 is 0. The van der Waals surface area contributed by atoms with E-state index in [1.165, 1.54) is 5.57 Å². The Morgan fingerprint density at radius 2 is 2.00 bits per heavy atom. The molecular formula is C11H22O. The molecule has 0 heterocycles. The van der Waals surface area contributed by atoms with E-state index < -0.39 is 0 Å². The lowest BCUT2D eigenvalue weighted by Gasteiger charge is -2.13. The topological polar surface area (TPSA) is 9.23 Å². The fourth-order valence-corrected chi connectivity index (χ4v) is 1.29. The molecule has 72 valence electrons. The van der Waals surface area contributed by atoms with Gasteiger partial charge in [-0.05, 0) is 32.6 Å². The Labute approximate surface area is 76.8 Å². The quantitative estimate of drug-likeness (QED) is 0.575. The lowest BCUT2D eigenvalue weighted by molar-refractivity contribution is 0.103. The van der Waals surface area contributed by atoms with Crippen molar-refractivity contribution in [3.8, 4) is 0 Å². The summed E-state index contributed by atoms with van der Waals surface area (Å²) in [5, 5.41) is 0. The largest absolute Gasteiger partial charge is 0.382 e. The molecule has 0 N–H and O–H groups in total. The highest BCUT2D eigenvalue weighted by atomic mass is 16.5. The van der Waals surface area contributed by atoms with Crippen LogP contribution in [0.3, 0.4) is 0 Å². The first-order valence-electron chi connectivity index (χ1n) is 4.80. The summed E-state index contributed by atoms with van der Waals surface area (Å²) in [5.41, 5.74) is 1.48. The number of methoxy groups -OCH3 is 1. The van der Waals surface area contributed by atoms with Gasteiger partial charge in [-0.25, -0.2) is 0 Å². The molecule has 0 bridgehead atoms. The zero-order valence-electron chi connectivity index (χ0n) is 9.05. The van der Waals surface area contributed by atoms with E-state index in [1.54, 1.807) is 7.11 Å². The van der Waals surface area contributed by atoms with Gasteiger partial charge in [0.25, 0.3) is 0 Å². The Morgan fingerprint density at radius 3 is 2.42 bits per heavy atom. The number of hydrogen-bond acceptors (Lipinski definition) is 1. The minimum atomic E-state index is 0.376. The fraction of sp³-hybridized carbons (Fsp3) is 0.818. The molecule has 0 spiro atoms. The zero-order valence-corrected chi connectivity index (χ0v) is 9.05. The molecule has 0 rings (SSSR count). The summed E-state index contributed by atoms with van der Waals surface area (Å²) in [6, 6.07) is 0. The van der Waals surface area contributed by atoms with Crippen molar-refractivity contribution in [3.05, 3.63) is 11.6 Å². The molecule has 0 saturated heterocycles. The van der Waals surface area contributed by atoms with Gasteiger partial charge in [-0.3, -0.25) is 0 Å². The predicted molar refractivity (Wildman–Crippen MR) is 54.3 cm³/mol. The van der Waals surface area contributed by atoms with Crippen LogP contribution in [0.25, 0.3) is 0 Å². The third-order valence-corrected chi connectivity index (χ3v) is 2.23. The SMILES string of the molecule is CCC(C)=CC(C)CC(C)OC. The van der Waals surface area contributed by atoms with Crippen LogP contribution < -0.4 is 0 Å². The van der Waals surface area contributed by atoms with Crippen molar-refractivity contribution in [1.29, 1.82) is 0 Å². The van der Waals surface area contributed by atoms with E-state index in [4.69, 9.17) is 4.74 Å². The molecule has 2 atom stereocenters. The van der Waals surface area contributed by atoms with Crippen LogP contribution in [0.1, 0.15) is 40.5 Å². The van der Waals surface area contributed by atoms with E-state index in [0.29, 0.717) is 12.0 Å². The molecule has 0 radical (unpaired) electrons. The van der Waals surface area contributed by atoms with Gasteiger partial charge in [0, 0.05) is 7.11 Å². The average Bonchev–Trinajstić information content (AvgIpc) is 2.03. The maximum absolute atomic E-state index is 5.21. The second kappa shape index (κ2) is 6.24. The second-order valence-corrected chi connectivity index (χ2v) is 3.63. The molecule has 0 saturated carbocycles. The molecule has 0 aromatic heterocycles. The maximum Gasteiger partial charge on any atom is 0.0548 e. The van der Waals surface area contributed by atoms with Crippen molar-refractivity contribution in [2.45, 2.75) is 46.6 Å². The van der Waals surface area contributed by atoms with Crippen molar-refractivity contribution < 1.29 is 4.74 Å². The molecule has 0 aliphatic heterocycles. The lowest BCUT2D eigenvalue weighted by atomic mass is 10.0. The molecule has 2 unspecified atom stereocenters. The monoisotopic (exact) mass is 170 g/mol. The summed E-state index contributed by atoms with van der Waals surface area (Å²) in [4.78, 5) is 0. The summed E-state index contributed by atoms with van der Waals surface area (Å²) in [6.45, 7) is 8.74. The van der Waals surface area contributed by atoms with E-state index >= 15 is 0 Å². The van der Waals surface area contributed by atoms with Gasteiger partial charge in [0.15, 0.2) is 0 Å². The van der Waals surface area contributed by atoms with Crippen LogP contribution in [0.5, 0.6) is 0 Å². The van der Waals surface area contributed by atoms with E-state index in [1.807, 2.05) is 0 Å². The highest BCUT2D eigenvalue weighted by Crippen LogP contribution is 2.13. The van der Waals surface area contributed by atoms with Crippen molar-refractivity contribution >= 4 is 0 Å². The van der Waals surface area contributed by atoms with E-state index in [2.05, 4.69) is 33.8 Å². The van der Waals surface area contributed by atoms with Crippen LogP contribution in [0.2, 0.25) is 0 Å². The molecule has 0 aliphatic rings. The minimum absolute atomic E-state index is 0.376. The van der Waals surface area contributed by atoms with Crippen molar-refractivity contribution in [3.63, 3.8) is 0 Å². The van der Waals surface area contributed by atoms with Gasteiger partial charge in [0.2, 0.25) is 0 Å². The van der Waals surface area contributed by atoms with Gasteiger partial charge < -0.3 is 4.74 Å². The lowest BCUT2D eigenvalue weighted by Crippen LogP contribution is -2.09. The Morgan fingerprint density at radius 1 is 1.42 bits per heavy atom. The Kier molecular flexibility index (Phi) is 6.09. The van der Waals surface area contributed by atoms with E-state index in [-0.39, 0.29) is 0 Å². The van der Waals surface area contributed by atoms with E-state index in [0.717, 1.165) is 12.8 Å². The summed E-state index contributed by atoms with van der Waals surface area (Å²) < 4.78 is 5.21. The van der Waals surface area contributed by atoms with Gasteiger partial charge in [-0.1, -0.05) is 25.5 Å². The number of rotatable bonds is 5. The summed E-state index contributed by atoms with van der Waals surface area (Å²) in [5.74, 6) is 0.639. The molecule has 12 heavy (non-hydrogen) atoms.